The van der Waals surface area contributed by atoms with Gasteiger partial charge in [0.1, 0.15) is 0 Å². The van der Waals surface area contributed by atoms with E-state index in [0.717, 1.165) is 19.5 Å². The zero-order valence-corrected chi connectivity index (χ0v) is 16.4. The van der Waals surface area contributed by atoms with E-state index in [0.29, 0.717) is 5.92 Å². The second kappa shape index (κ2) is 5.89. The Balaban J connectivity index is 2.06. The first-order valence-corrected chi connectivity index (χ1v) is 9.20. The maximum absolute atomic E-state index is 6.39. The minimum Gasteiger partial charge on any atom is -0.348 e. The predicted octanol–water partition coefficient (Wildman–Crippen LogP) is 4.13. The van der Waals surface area contributed by atoms with Crippen LogP contribution in [0.5, 0.6) is 0 Å². The molecule has 0 amide bonds. The van der Waals surface area contributed by atoms with Crippen LogP contribution in [-0.2, 0) is 26.6 Å². The molecule has 1 aliphatic rings. The molecule has 2 aromatic rings. The van der Waals surface area contributed by atoms with Crippen LogP contribution in [-0.4, -0.2) is 21.0 Å². The van der Waals surface area contributed by atoms with Crippen LogP contribution in [0.1, 0.15) is 57.0 Å². The number of aryl methyl sites for hydroxylation is 1. The lowest BCUT2D eigenvalue weighted by Gasteiger charge is -2.31. The van der Waals surface area contributed by atoms with Crippen molar-refractivity contribution in [2.75, 3.05) is 0 Å². The summed E-state index contributed by atoms with van der Waals surface area (Å²) in [6.07, 6.45) is 0.961. The number of benzene rings is 1. The van der Waals surface area contributed by atoms with Crippen molar-refractivity contribution in [2.45, 2.75) is 72.6 Å². The van der Waals surface area contributed by atoms with Gasteiger partial charge in [0.15, 0.2) is 0 Å². The average Bonchev–Trinajstić information content (AvgIpc) is 3.00. The van der Waals surface area contributed by atoms with E-state index < -0.39 is 0 Å². The Bertz CT molecular complexity index is 762. The quantitative estimate of drug-likeness (QED) is 0.920. The lowest BCUT2D eigenvalue weighted by Crippen LogP contribution is -2.36. The second-order valence-corrected chi connectivity index (χ2v) is 8.90. The van der Waals surface area contributed by atoms with Crippen molar-refractivity contribution in [1.82, 2.24) is 9.47 Å². The van der Waals surface area contributed by atoms with E-state index in [4.69, 9.17) is 5.73 Å². The van der Waals surface area contributed by atoms with Gasteiger partial charge in [0.05, 0.1) is 0 Å². The topological polar surface area (TPSA) is 34.2 Å². The number of rotatable bonds is 3. The van der Waals surface area contributed by atoms with Gasteiger partial charge in [0.25, 0.3) is 0 Å². The molecule has 3 rings (SSSR count). The Hall–Kier alpha value is -1.32. The molecule has 24 heavy (non-hydrogen) atoms. The van der Waals surface area contributed by atoms with Crippen LogP contribution in [0.25, 0.3) is 10.9 Å². The molecule has 2 N–H and O–H groups in total. The molecule has 1 aromatic heterocycles. The Kier molecular flexibility index (Phi) is 4.29. The van der Waals surface area contributed by atoms with Gasteiger partial charge in [-0.05, 0) is 68.9 Å². The summed E-state index contributed by atoms with van der Waals surface area (Å²) in [4.78, 5) is 2.56. The van der Waals surface area contributed by atoms with Crippen LogP contribution in [0.2, 0.25) is 0 Å². The fraction of sp³-hybridized carbons (Fsp3) is 0.619. The molecule has 0 fully saturated rings. The third-order valence-corrected chi connectivity index (χ3v) is 5.91. The van der Waals surface area contributed by atoms with Crippen LogP contribution in [0, 0.1) is 12.8 Å². The second-order valence-electron chi connectivity index (χ2n) is 8.90. The van der Waals surface area contributed by atoms with Gasteiger partial charge in [-0.2, -0.15) is 0 Å². The summed E-state index contributed by atoms with van der Waals surface area (Å²) in [6.45, 7) is 15.7. The molecule has 0 saturated heterocycles. The molecule has 0 aliphatic carbocycles. The van der Waals surface area contributed by atoms with Crippen LogP contribution in [0.4, 0.5) is 0 Å². The van der Waals surface area contributed by atoms with Gasteiger partial charge in [-0.15, -0.1) is 0 Å². The molecule has 1 atom stereocenters. The molecule has 132 valence electrons. The number of hydrogen-bond acceptors (Lipinski definition) is 2. The summed E-state index contributed by atoms with van der Waals surface area (Å²) in [5.74, 6) is 0.505. The zero-order valence-electron chi connectivity index (χ0n) is 16.4. The Morgan fingerprint density at radius 2 is 1.71 bits per heavy atom. The van der Waals surface area contributed by atoms with Crippen molar-refractivity contribution in [3.8, 4) is 0 Å². The highest BCUT2D eigenvalue weighted by molar-refractivity contribution is 5.87. The summed E-state index contributed by atoms with van der Waals surface area (Å²) in [6, 6.07) is 5.06. The lowest BCUT2D eigenvalue weighted by molar-refractivity contribution is 0.136. The highest BCUT2D eigenvalue weighted by atomic mass is 15.2. The normalized spacial score (nSPS) is 17.0. The average molecular weight is 328 g/mol. The summed E-state index contributed by atoms with van der Waals surface area (Å²) in [5, 5.41) is 1.40. The molecule has 0 radical (unpaired) electrons. The standard InChI is InChI=1S/C21H33N3/c1-13(2)19(22)10-17-14(3)23(7)20-9-16-12-24(21(4,5)6)11-15(16)8-18(17)20/h8-9,13,19H,10-12,22H2,1-7H3. The monoisotopic (exact) mass is 327 g/mol. The number of nitrogens with two attached hydrogens (primary N) is 1. The van der Waals surface area contributed by atoms with Crippen LogP contribution < -0.4 is 5.73 Å². The summed E-state index contributed by atoms with van der Waals surface area (Å²) >= 11 is 0. The first-order valence-electron chi connectivity index (χ1n) is 9.20. The number of aromatic nitrogens is 1. The van der Waals surface area contributed by atoms with E-state index in [1.54, 1.807) is 0 Å². The fourth-order valence-electron chi connectivity index (χ4n) is 3.74. The van der Waals surface area contributed by atoms with E-state index in [1.807, 2.05) is 0 Å². The minimum absolute atomic E-state index is 0.212. The van der Waals surface area contributed by atoms with Gasteiger partial charge in [-0.3, -0.25) is 4.90 Å². The molecular weight excluding hydrogens is 294 g/mol. The number of nitrogens with zero attached hydrogens (tertiary/aromatic N) is 2. The Labute approximate surface area is 146 Å². The summed E-state index contributed by atoms with van der Waals surface area (Å²) in [7, 11) is 2.19. The fourth-order valence-corrected chi connectivity index (χ4v) is 3.74. The maximum Gasteiger partial charge on any atom is 0.0486 e. The molecule has 1 unspecified atom stereocenters. The highest BCUT2D eigenvalue weighted by Gasteiger charge is 2.29. The van der Waals surface area contributed by atoms with Crippen molar-refractivity contribution < 1.29 is 0 Å². The van der Waals surface area contributed by atoms with Crippen molar-refractivity contribution in [3.63, 3.8) is 0 Å². The molecule has 0 spiro atoms. The number of fused-ring (bicyclic) bond motifs is 2. The maximum atomic E-state index is 6.39. The largest absolute Gasteiger partial charge is 0.348 e. The molecule has 3 heteroatoms. The van der Waals surface area contributed by atoms with E-state index in [1.165, 1.54) is 33.3 Å². The van der Waals surface area contributed by atoms with E-state index in [9.17, 15) is 0 Å². The van der Waals surface area contributed by atoms with E-state index in [2.05, 4.69) is 70.2 Å². The zero-order chi connectivity index (χ0) is 17.8. The van der Waals surface area contributed by atoms with Gasteiger partial charge in [0.2, 0.25) is 0 Å². The van der Waals surface area contributed by atoms with Crippen molar-refractivity contribution >= 4 is 10.9 Å². The first-order chi connectivity index (χ1) is 11.1. The minimum atomic E-state index is 0.212. The van der Waals surface area contributed by atoms with Gasteiger partial charge >= 0.3 is 0 Å². The van der Waals surface area contributed by atoms with Crippen molar-refractivity contribution in [1.29, 1.82) is 0 Å². The molecule has 1 aromatic carbocycles. The van der Waals surface area contributed by atoms with Crippen molar-refractivity contribution in [3.05, 3.63) is 34.5 Å². The van der Waals surface area contributed by atoms with Crippen LogP contribution in [0.15, 0.2) is 12.1 Å². The van der Waals surface area contributed by atoms with E-state index in [-0.39, 0.29) is 11.6 Å². The molecule has 0 bridgehead atoms. The van der Waals surface area contributed by atoms with Gasteiger partial charge < -0.3 is 10.3 Å². The van der Waals surface area contributed by atoms with Gasteiger partial charge in [-0.1, -0.05) is 13.8 Å². The predicted molar refractivity (Wildman–Crippen MR) is 103 cm³/mol. The Morgan fingerprint density at radius 1 is 1.12 bits per heavy atom. The third kappa shape index (κ3) is 2.89. The summed E-state index contributed by atoms with van der Waals surface area (Å²) in [5.41, 5.74) is 13.7. The van der Waals surface area contributed by atoms with Crippen molar-refractivity contribution in [2.24, 2.45) is 18.7 Å². The smallest absolute Gasteiger partial charge is 0.0486 e. The Morgan fingerprint density at radius 3 is 2.25 bits per heavy atom. The SMILES string of the molecule is Cc1c(CC(N)C(C)C)c2cc3c(cc2n1C)CN(C(C)(C)C)C3. The summed E-state index contributed by atoms with van der Waals surface area (Å²) < 4.78 is 2.34. The lowest BCUT2D eigenvalue weighted by atomic mass is 9.95. The highest BCUT2D eigenvalue weighted by Crippen LogP contribution is 2.35. The molecule has 2 heterocycles. The molecule has 0 saturated carbocycles. The van der Waals surface area contributed by atoms with Crippen LogP contribution in [0.3, 0.4) is 0 Å². The number of hydrogen-bond donors (Lipinski definition) is 1. The molecule has 1 aliphatic heterocycles. The molecular formula is C21H33N3. The van der Waals surface area contributed by atoms with Gasteiger partial charge in [0, 0.05) is 48.3 Å². The van der Waals surface area contributed by atoms with E-state index >= 15 is 0 Å². The van der Waals surface area contributed by atoms with Gasteiger partial charge in [-0.25, -0.2) is 0 Å². The first kappa shape index (κ1) is 17.5. The molecule has 3 nitrogen and oxygen atoms in total. The third-order valence-electron chi connectivity index (χ3n) is 5.91. The van der Waals surface area contributed by atoms with Crippen LogP contribution >= 0.6 is 0 Å².